The first-order valence-electron chi connectivity index (χ1n) is 14.0. The molecule has 4 fully saturated rings. The number of phosphoric ester groups is 1. The van der Waals surface area contributed by atoms with E-state index in [0.717, 1.165) is 0 Å². The van der Waals surface area contributed by atoms with Gasteiger partial charge in [0.25, 0.3) is 0 Å². The molecule has 2 unspecified atom stereocenters. The minimum absolute atomic E-state index is 0.0468. The van der Waals surface area contributed by atoms with Crippen molar-refractivity contribution >= 4 is 69.5 Å². The van der Waals surface area contributed by atoms with E-state index in [1.165, 1.54) is 23.5 Å². The summed E-state index contributed by atoms with van der Waals surface area (Å²) >= 11 is 4.74. The number of anilines is 1. The Morgan fingerprint density at radius 3 is 2.65 bits per heavy atom. The maximum atomic E-state index is 13.5. The predicted molar refractivity (Wildman–Crippen MR) is 161 cm³/mol. The van der Waals surface area contributed by atoms with E-state index in [4.69, 9.17) is 35.6 Å². The standard InChI is InChI=1S/C23H27N9O10P2SSe/c1-8-29-20-12(21(35)30-8)28-7-32(20)22-16-14(33)10(46-22)3-39-44(38,45)42-17-15(34)13(9-2-23(9,17)4-40-43(36,37)41-16)31-6-27-11-18(24)25-5-26-19(11)31/h5-7,9-10,13-17,22,33-34H,2-4H2,1H3,(H,36,37)(H,38,45)(H2,24,25,26)(H,29,30,35)/t9-,10-,13-,14-,15+,16-,17+,22-,23+,44?/m1/s1. The normalized spacial score (nSPS) is 41.1. The third-order valence-electron chi connectivity index (χ3n) is 9.06. The number of aliphatic hydroxyl groups is 2. The van der Waals surface area contributed by atoms with Gasteiger partial charge in [0.2, 0.25) is 0 Å². The molecule has 0 radical (unpaired) electrons. The molecule has 0 amide bonds. The number of rotatable bonds is 2. The Morgan fingerprint density at radius 1 is 1.09 bits per heavy atom. The van der Waals surface area contributed by atoms with Crippen LogP contribution in [0, 0.1) is 18.3 Å². The number of aliphatic hydroxyl groups excluding tert-OH is 2. The molecule has 2 saturated heterocycles. The van der Waals surface area contributed by atoms with Gasteiger partial charge in [-0.15, -0.1) is 0 Å². The van der Waals surface area contributed by atoms with E-state index in [0.29, 0.717) is 23.4 Å². The predicted octanol–water partition coefficient (Wildman–Crippen LogP) is -0.728. The van der Waals surface area contributed by atoms with Crippen molar-refractivity contribution in [3.8, 4) is 0 Å². The zero-order valence-electron chi connectivity index (χ0n) is 23.6. The first-order chi connectivity index (χ1) is 21.8. The van der Waals surface area contributed by atoms with Crippen molar-refractivity contribution in [2.75, 3.05) is 18.9 Å². The van der Waals surface area contributed by atoms with E-state index < -0.39 is 87.3 Å². The molecule has 0 aromatic carbocycles. The van der Waals surface area contributed by atoms with Crippen LogP contribution in [0.25, 0.3) is 22.3 Å². The number of aromatic nitrogens is 8. The van der Waals surface area contributed by atoms with E-state index in [9.17, 15) is 29.4 Å². The molecule has 1 spiro atoms. The quantitative estimate of drug-likeness (QED) is 0.109. The molecule has 46 heavy (non-hydrogen) atoms. The van der Waals surface area contributed by atoms with Crippen LogP contribution in [0.4, 0.5) is 5.82 Å². The number of aromatic amines is 1. The molecule has 2 bridgehead atoms. The van der Waals surface area contributed by atoms with Crippen molar-refractivity contribution in [2.45, 2.75) is 53.6 Å². The second kappa shape index (κ2) is 10.6. The summed E-state index contributed by atoms with van der Waals surface area (Å²) in [7, 11) is -4.88. The first-order valence-corrected chi connectivity index (χ1v) is 20.0. The number of nitrogens with two attached hydrogens (primary N) is 1. The van der Waals surface area contributed by atoms with Crippen molar-refractivity contribution in [1.82, 2.24) is 39.0 Å². The average molecular weight is 762 g/mol. The number of aryl methyl sites for hydroxylation is 1. The van der Waals surface area contributed by atoms with Crippen LogP contribution in [0.2, 0.25) is 4.82 Å². The van der Waals surface area contributed by atoms with E-state index in [1.807, 2.05) is 0 Å². The molecule has 2 aliphatic heterocycles. The van der Waals surface area contributed by atoms with Gasteiger partial charge in [0.1, 0.15) is 0 Å². The van der Waals surface area contributed by atoms with Crippen LogP contribution in [-0.4, -0.2) is 112 Å². The van der Waals surface area contributed by atoms with Gasteiger partial charge < -0.3 is 5.73 Å². The van der Waals surface area contributed by atoms with Crippen molar-refractivity contribution in [3.05, 3.63) is 35.2 Å². The summed E-state index contributed by atoms with van der Waals surface area (Å²) in [5.74, 6) is 0.0900. The van der Waals surface area contributed by atoms with Crippen LogP contribution in [0.3, 0.4) is 0 Å². The molecule has 7 N–H and O–H groups in total. The molecule has 19 nitrogen and oxygen atoms in total. The van der Waals surface area contributed by atoms with Crippen LogP contribution in [-0.2, 0) is 34.5 Å². The number of imidazole rings is 2. The van der Waals surface area contributed by atoms with E-state index >= 15 is 0 Å². The zero-order valence-corrected chi connectivity index (χ0v) is 27.9. The van der Waals surface area contributed by atoms with Crippen molar-refractivity contribution < 1.29 is 42.7 Å². The van der Waals surface area contributed by atoms with E-state index in [-0.39, 0.29) is 29.5 Å². The number of hydrogen-bond donors (Lipinski definition) is 6. The van der Waals surface area contributed by atoms with Gasteiger partial charge >= 0.3 is 259 Å². The molecule has 4 aliphatic rings. The summed E-state index contributed by atoms with van der Waals surface area (Å²) in [5.41, 5.74) is 5.36. The Bertz CT molecular complexity index is 2050. The number of fused-ring (bicyclic) bond motifs is 4. The van der Waals surface area contributed by atoms with Crippen molar-refractivity contribution in [1.29, 1.82) is 0 Å². The number of phosphoric acid groups is 1. The molecule has 4 aromatic heterocycles. The Labute approximate surface area is 269 Å². The molecule has 6 heterocycles. The van der Waals surface area contributed by atoms with Gasteiger partial charge in [0.15, 0.2) is 0 Å². The van der Waals surface area contributed by atoms with Gasteiger partial charge in [0.05, 0.1) is 0 Å². The van der Waals surface area contributed by atoms with Crippen molar-refractivity contribution in [2.24, 2.45) is 11.3 Å². The zero-order chi connectivity index (χ0) is 32.3. The minimum atomic E-state index is -4.88. The van der Waals surface area contributed by atoms with Gasteiger partial charge in [-0.2, -0.15) is 0 Å². The Hall–Kier alpha value is -2.22. The molecule has 4 aromatic rings. The summed E-state index contributed by atoms with van der Waals surface area (Å²) in [5, 5.41) is 22.9. The fourth-order valence-corrected chi connectivity index (χ4v) is 12.9. The number of nitrogens with one attached hydrogen (secondary N) is 1. The van der Waals surface area contributed by atoms with Crippen LogP contribution in [0.5, 0.6) is 0 Å². The monoisotopic (exact) mass is 763 g/mol. The number of nitrogen functional groups attached to an aromatic ring is 1. The fourth-order valence-electron chi connectivity index (χ4n) is 6.90. The molecule has 23 heteroatoms. The van der Waals surface area contributed by atoms with Gasteiger partial charge in [-0.25, -0.2) is 4.98 Å². The summed E-state index contributed by atoms with van der Waals surface area (Å²) in [6.45, 7) is -3.17. The molecular formula is C23H27N9O10P2SSe. The number of nitrogens with zero attached hydrogens (tertiary/aromatic N) is 7. The molecule has 11 atom stereocenters. The summed E-state index contributed by atoms with van der Waals surface area (Å²) in [6.07, 6.45) is -0.685. The third kappa shape index (κ3) is 4.84. The molecule has 2 saturated carbocycles. The Morgan fingerprint density at radius 2 is 1.85 bits per heavy atom. The summed E-state index contributed by atoms with van der Waals surface area (Å²) < 4.78 is 39.6. The Kier molecular flexibility index (Phi) is 7.19. The Balaban J connectivity index is 1.14. The van der Waals surface area contributed by atoms with Gasteiger partial charge in [-0.1, -0.05) is 0 Å². The summed E-state index contributed by atoms with van der Waals surface area (Å²) in [6, 6.07) is -0.700. The molecule has 246 valence electrons. The molecular weight excluding hydrogens is 735 g/mol. The molecule has 8 rings (SSSR count). The number of H-pyrrole nitrogens is 1. The third-order valence-corrected chi connectivity index (χ3v) is 14.8. The molecule has 2 aliphatic carbocycles. The van der Waals surface area contributed by atoms with Gasteiger partial charge in [-0.3, -0.25) is 0 Å². The summed E-state index contributed by atoms with van der Waals surface area (Å²) in [4.78, 5) is 56.8. The van der Waals surface area contributed by atoms with Crippen molar-refractivity contribution in [3.63, 3.8) is 0 Å². The average Bonchev–Trinajstić information content (AvgIpc) is 3.26. The van der Waals surface area contributed by atoms with E-state index in [1.54, 1.807) is 11.5 Å². The van der Waals surface area contributed by atoms with Gasteiger partial charge in [0, 0.05) is 0 Å². The number of hydrogen-bond acceptors (Lipinski definition) is 15. The van der Waals surface area contributed by atoms with E-state index in [2.05, 4.69) is 29.9 Å². The van der Waals surface area contributed by atoms with Crippen LogP contribution in [0.1, 0.15) is 23.2 Å². The van der Waals surface area contributed by atoms with Crippen LogP contribution in [0.15, 0.2) is 23.8 Å². The topological polar surface area (TPSA) is 268 Å². The van der Waals surface area contributed by atoms with Gasteiger partial charge in [-0.05, 0) is 0 Å². The maximum absolute atomic E-state index is 13.5. The SMILES string of the molecule is Cc1nc2c(ncn2[C@@H]2[Se][C@@H]3COP(O)(=S)O[C@H]4[C@@H](O)[C@H](n5cnc6c(N)ncnc65)[C@H]5C[C@]54COP(=O)(O)O[C@@H]2[C@@H]3O)c(=O)[nH]1. The fraction of sp³-hybridized carbons (Fsp3) is 0.565. The first kappa shape index (κ1) is 31.1. The van der Waals surface area contributed by atoms with Crippen LogP contribution < -0.4 is 11.3 Å². The van der Waals surface area contributed by atoms with Crippen LogP contribution >= 0.6 is 14.5 Å². The second-order valence-corrected chi connectivity index (χ2v) is 18.8. The second-order valence-electron chi connectivity index (χ2n) is 11.7.